The molecule has 0 saturated heterocycles. The molecule has 3 aromatic rings. The van der Waals surface area contributed by atoms with Crippen molar-refractivity contribution in [3.8, 4) is 11.5 Å². The van der Waals surface area contributed by atoms with Gasteiger partial charge in [-0.3, -0.25) is 9.59 Å². The fourth-order valence-electron chi connectivity index (χ4n) is 2.64. The van der Waals surface area contributed by atoms with Gasteiger partial charge in [0.25, 0.3) is 11.8 Å². The first kappa shape index (κ1) is 21.8. The van der Waals surface area contributed by atoms with Crippen LogP contribution in [0.3, 0.4) is 0 Å². The maximum atomic E-state index is 12.5. The molecule has 0 atom stereocenters. The van der Waals surface area contributed by atoms with Crippen molar-refractivity contribution in [3.63, 3.8) is 0 Å². The minimum Gasteiger partial charge on any atom is -0.497 e. The highest BCUT2D eigenvalue weighted by Gasteiger charge is 2.17. The maximum absolute atomic E-state index is 12.5. The Hall–Kier alpha value is -3.85. The summed E-state index contributed by atoms with van der Waals surface area (Å²) >= 11 is 1.39. The molecule has 1 heterocycles. The number of rotatable bonds is 8. The van der Waals surface area contributed by atoms with Crippen LogP contribution in [-0.4, -0.2) is 38.6 Å². The predicted molar refractivity (Wildman–Crippen MR) is 117 cm³/mol. The Bertz CT molecular complexity index is 1060. The smallest absolute Gasteiger partial charge is 0.340 e. The molecule has 9 heteroatoms. The van der Waals surface area contributed by atoms with Gasteiger partial charge in [-0.25, -0.2) is 4.79 Å². The van der Waals surface area contributed by atoms with Gasteiger partial charge in [0.2, 0.25) is 0 Å². The van der Waals surface area contributed by atoms with E-state index in [2.05, 4.69) is 10.6 Å². The monoisotopic (exact) mass is 440 g/mol. The van der Waals surface area contributed by atoms with Crippen molar-refractivity contribution >= 4 is 40.5 Å². The van der Waals surface area contributed by atoms with E-state index in [0.717, 1.165) is 0 Å². The summed E-state index contributed by atoms with van der Waals surface area (Å²) in [6.07, 6.45) is 0. The van der Waals surface area contributed by atoms with Gasteiger partial charge in [0.1, 0.15) is 11.5 Å². The highest BCUT2D eigenvalue weighted by atomic mass is 32.1. The first-order valence-corrected chi connectivity index (χ1v) is 10.1. The van der Waals surface area contributed by atoms with Gasteiger partial charge in [0.15, 0.2) is 6.61 Å². The van der Waals surface area contributed by atoms with E-state index in [1.807, 2.05) is 0 Å². The summed E-state index contributed by atoms with van der Waals surface area (Å²) in [7, 11) is 2.99. The van der Waals surface area contributed by atoms with Crippen molar-refractivity contribution in [2.24, 2.45) is 0 Å². The first-order chi connectivity index (χ1) is 15.0. The van der Waals surface area contributed by atoms with Crippen LogP contribution in [0.15, 0.2) is 59.3 Å². The summed E-state index contributed by atoms with van der Waals surface area (Å²) in [6, 6.07) is 13.0. The normalized spacial score (nSPS) is 10.1. The van der Waals surface area contributed by atoms with Crippen LogP contribution in [0.25, 0.3) is 0 Å². The van der Waals surface area contributed by atoms with Crippen LogP contribution in [0.4, 0.5) is 11.4 Å². The molecule has 2 N–H and O–H groups in total. The molecule has 1 aromatic heterocycles. The molecule has 31 heavy (non-hydrogen) atoms. The van der Waals surface area contributed by atoms with Gasteiger partial charge in [0.05, 0.1) is 31.0 Å². The van der Waals surface area contributed by atoms with Crippen molar-refractivity contribution in [1.29, 1.82) is 0 Å². The molecular formula is C22H20N2O6S. The number of para-hydroxylation sites is 1. The fourth-order valence-corrected chi connectivity index (χ4v) is 3.28. The van der Waals surface area contributed by atoms with E-state index < -0.39 is 18.5 Å². The standard InChI is InChI=1S/C22H20N2O6S/c1-28-16-9-15(10-17(11-16)29-2)23-20(25)12-30-22(27)18-5-3-4-6-19(18)24-21(26)14-7-8-31-13-14/h3-11,13H,12H2,1-2H3,(H,23,25)(H,24,26). The summed E-state index contributed by atoms with van der Waals surface area (Å²) in [4.78, 5) is 37.0. The van der Waals surface area contributed by atoms with E-state index >= 15 is 0 Å². The van der Waals surface area contributed by atoms with Crippen molar-refractivity contribution in [2.75, 3.05) is 31.5 Å². The van der Waals surface area contributed by atoms with Crippen molar-refractivity contribution < 1.29 is 28.6 Å². The third-order valence-corrected chi connectivity index (χ3v) is 4.83. The third kappa shape index (κ3) is 5.83. The second-order valence-electron chi connectivity index (χ2n) is 6.24. The van der Waals surface area contributed by atoms with Crippen LogP contribution in [0.2, 0.25) is 0 Å². The molecule has 0 fully saturated rings. The highest BCUT2D eigenvalue weighted by Crippen LogP contribution is 2.25. The first-order valence-electron chi connectivity index (χ1n) is 9.12. The summed E-state index contributed by atoms with van der Waals surface area (Å²) in [5, 5.41) is 8.79. The summed E-state index contributed by atoms with van der Waals surface area (Å²) in [5.41, 5.74) is 1.35. The quantitative estimate of drug-likeness (QED) is 0.517. The molecule has 0 radical (unpaired) electrons. The lowest BCUT2D eigenvalue weighted by Gasteiger charge is -2.12. The summed E-state index contributed by atoms with van der Waals surface area (Å²) < 4.78 is 15.4. The minimum atomic E-state index is -0.736. The average molecular weight is 440 g/mol. The van der Waals surface area contributed by atoms with Crippen LogP contribution in [0.1, 0.15) is 20.7 Å². The average Bonchev–Trinajstić information content (AvgIpc) is 3.32. The van der Waals surface area contributed by atoms with Gasteiger partial charge in [-0.1, -0.05) is 12.1 Å². The van der Waals surface area contributed by atoms with Gasteiger partial charge in [-0.15, -0.1) is 0 Å². The second-order valence-corrected chi connectivity index (χ2v) is 7.02. The number of anilines is 2. The molecule has 0 unspecified atom stereocenters. The lowest BCUT2D eigenvalue weighted by Crippen LogP contribution is -2.22. The SMILES string of the molecule is COc1cc(NC(=O)COC(=O)c2ccccc2NC(=O)c2ccsc2)cc(OC)c1. The highest BCUT2D eigenvalue weighted by molar-refractivity contribution is 7.08. The second kappa shape index (κ2) is 10.3. The van der Waals surface area contributed by atoms with Gasteiger partial charge in [-0.2, -0.15) is 11.3 Å². The number of hydrogen-bond acceptors (Lipinski definition) is 7. The minimum absolute atomic E-state index is 0.141. The van der Waals surface area contributed by atoms with Crippen LogP contribution in [0, 0.1) is 0 Å². The van der Waals surface area contributed by atoms with Crippen molar-refractivity contribution in [3.05, 3.63) is 70.4 Å². The van der Waals surface area contributed by atoms with E-state index in [1.165, 1.54) is 31.6 Å². The molecule has 0 spiro atoms. The molecule has 8 nitrogen and oxygen atoms in total. The molecule has 2 aromatic carbocycles. The van der Waals surface area contributed by atoms with E-state index in [4.69, 9.17) is 14.2 Å². The number of carbonyl (C=O) groups excluding carboxylic acids is 3. The molecule has 0 saturated carbocycles. The van der Waals surface area contributed by atoms with E-state index in [1.54, 1.807) is 53.2 Å². The molecular weight excluding hydrogens is 420 g/mol. The van der Waals surface area contributed by atoms with E-state index in [0.29, 0.717) is 28.4 Å². The molecule has 0 aliphatic heterocycles. The van der Waals surface area contributed by atoms with Crippen LogP contribution in [-0.2, 0) is 9.53 Å². The zero-order chi connectivity index (χ0) is 22.2. The molecule has 2 amide bonds. The number of esters is 1. The van der Waals surface area contributed by atoms with Gasteiger partial charge in [-0.05, 0) is 23.6 Å². The van der Waals surface area contributed by atoms with Crippen LogP contribution < -0.4 is 20.1 Å². The number of amides is 2. The summed E-state index contributed by atoms with van der Waals surface area (Å²) in [5.74, 6) is -0.613. The predicted octanol–water partition coefficient (Wildman–Crippen LogP) is 3.81. The van der Waals surface area contributed by atoms with Crippen molar-refractivity contribution in [1.82, 2.24) is 0 Å². The van der Waals surface area contributed by atoms with Gasteiger partial charge in [0, 0.05) is 29.3 Å². The molecule has 0 aliphatic rings. The number of carbonyl (C=O) groups is 3. The number of ether oxygens (including phenoxy) is 3. The Morgan fingerprint density at radius 1 is 0.935 bits per heavy atom. The zero-order valence-corrected chi connectivity index (χ0v) is 17.7. The third-order valence-electron chi connectivity index (χ3n) is 4.15. The molecule has 0 aliphatic carbocycles. The lowest BCUT2D eigenvalue weighted by molar-refractivity contribution is -0.119. The summed E-state index contributed by atoms with van der Waals surface area (Å²) in [6.45, 7) is -0.509. The zero-order valence-electron chi connectivity index (χ0n) is 16.8. The van der Waals surface area contributed by atoms with Gasteiger partial charge >= 0.3 is 5.97 Å². The molecule has 160 valence electrons. The number of benzene rings is 2. The topological polar surface area (TPSA) is 103 Å². The van der Waals surface area contributed by atoms with E-state index in [-0.39, 0.29) is 11.5 Å². The number of thiophene rings is 1. The molecule has 3 rings (SSSR count). The number of methoxy groups -OCH3 is 2. The number of hydrogen-bond donors (Lipinski definition) is 2. The van der Waals surface area contributed by atoms with Crippen molar-refractivity contribution in [2.45, 2.75) is 0 Å². The Morgan fingerprint density at radius 2 is 1.65 bits per heavy atom. The van der Waals surface area contributed by atoms with Crippen LogP contribution >= 0.6 is 11.3 Å². The maximum Gasteiger partial charge on any atom is 0.340 e. The Kier molecular flexibility index (Phi) is 7.23. The molecule has 0 bridgehead atoms. The number of nitrogens with one attached hydrogen (secondary N) is 2. The Morgan fingerprint density at radius 3 is 2.29 bits per heavy atom. The fraction of sp³-hybridized carbons (Fsp3) is 0.136. The Balaban J connectivity index is 1.62. The van der Waals surface area contributed by atoms with Gasteiger partial charge < -0.3 is 24.8 Å². The lowest BCUT2D eigenvalue weighted by atomic mass is 10.1. The van der Waals surface area contributed by atoms with Crippen LogP contribution in [0.5, 0.6) is 11.5 Å². The Labute approximate surface area is 182 Å². The van der Waals surface area contributed by atoms with E-state index in [9.17, 15) is 14.4 Å². The largest absolute Gasteiger partial charge is 0.497 e.